The molecule has 1 aromatic carbocycles. The molecule has 0 aliphatic rings. The largest absolute Gasteiger partial charge is 0.494 e. The minimum Gasteiger partial charge on any atom is -0.494 e. The Kier molecular flexibility index (Phi) is 6.33. The maximum Gasteiger partial charge on any atom is 0.226 e. The lowest BCUT2D eigenvalue weighted by Gasteiger charge is -2.07. The molecule has 118 valence electrons. The summed E-state index contributed by atoms with van der Waals surface area (Å²) in [5, 5.41) is 5.82. The molecule has 0 radical (unpaired) electrons. The molecule has 1 heterocycles. The molecule has 1 amide bonds. The Balaban J connectivity index is 1.59. The Bertz CT molecular complexity index is 598. The number of amides is 1. The summed E-state index contributed by atoms with van der Waals surface area (Å²) >= 11 is 1.58. The number of aromatic nitrogens is 1. The lowest BCUT2D eigenvalue weighted by atomic mass is 10.3. The Morgan fingerprint density at radius 2 is 2.14 bits per heavy atom. The molecule has 0 atom stereocenters. The minimum atomic E-state index is -0.284. The van der Waals surface area contributed by atoms with Gasteiger partial charge in [-0.3, -0.25) is 4.79 Å². The topological polar surface area (TPSA) is 51.2 Å². The van der Waals surface area contributed by atoms with E-state index in [4.69, 9.17) is 4.74 Å². The third-order valence-electron chi connectivity index (χ3n) is 2.97. The smallest absolute Gasteiger partial charge is 0.226 e. The molecule has 0 bridgehead atoms. The van der Waals surface area contributed by atoms with Crippen LogP contribution in [0.15, 0.2) is 29.6 Å². The molecular weight excluding hydrogens is 303 g/mol. The maximum atomic E-state index is 12.7. The van der Waals surface area contributed by atoms with Gasteiger partial charge in [-0.1, -0.05) is 6.92 Å². The van der Waals surface area contributed by atoms with Gasteiger partial charge in [-0.15, -0.1) is 11.3 Å². The average molecular weight is 322 g/mol. The summed E-state index contributed by atoms with van der Waals surface area (Å²) in [6.07, 6.45) is 1.91. The highest BCUT2D eigenvalue weighted by Gasteiger charge is 2.06. The first kappa shape index (κ1) is 16.4. The second-order valence-electron chi connectivity index (χ2n) is 4.77. The van der Waals surface area contributed by atoms with Crippen molar-refractivity contribution in [3.63, 3.8) is 0 Å². The first-order valence-corrected chi connectivity index (χ1v) is 8.13. The molecule has 2 aromatic rings. The van der Waals surface area contributed by atoms with Gasteiger partial charge in [0.25, 0.3) is 0 Å². The number of ether oxygens (including phenoxy) is 1. The highest BCUT2D eigenvalue weighted by molar-refractivity contribution is 7.09. The highest BCUT2D eigenvalue weighted by atomic mass is 32.1. The van der Waals surface area contributed by atoms with Gasteiger partial charge in [0.2, 0.25) is 5.91 Å². The third kappa shape index (κ3) is 5.44. The summed E-state index contributed by atoms with van der Waals surface area (Å²) in [6, 6.07) is 5.88. The van der Waals surface area contributed by atoms with Crippen LogP contribution < -0.4 is 10.1 Å². The van der Waals surface area contributed by atoms with E-state index in [0.29, 0.717) is 31.7 Å². The molecule has 2 rings (SSSR count). The van der Waals surface area contributed by atoms with Gasteiger partial charge in [-0.2, -0.15) is 0 Å². The predicted molar refractivity (Wildman–Crippen MR) is 84.7 cm³/mol. The molecule has 4 nitrogen and oxygen atoms in total. The van der Waals surface area contributed by atoms with Crippen molar-refractivity contribution in [2.45, 2.75) is 26.2 Å². The van der Waals surface area contributed by atoms with Crippen LogP contribution in [0, 0.1) is 5.82 Å². The number of carbonyl (C=O) groups excluding carboxylic acids is 1. The van der Waals surface area contributed by atoms with E-state index in [2.05, 4.69) is 10.3 Å². The Morgan fingerprint density at radius 1 is 1.36 bits per heavy atom. The number of hydrogen-bond acceptors (Lipinski definition) is 4. The molecule has 0 aliphatic heterocycles. The van der Waals surface area contributed by atoms with Crippen molar-refractivity contribution < 1.29 is 13.9 Å². The van der Waals surface area contributed by atoms with Gasteiger partial charge in [-0.05, 0) is 37.1 Å². The van der Waals surface area contributed by atoms with Gasteiger partial charge in [0, 0.05) is 11.9 Å². The Morgan fingerprint density at radius 3 is 2.82 bits per heavy atom. The lowest BCUT2D eigenvalue weighted by Crippen LogP contribution is -2.27. The second kappa shape index (κ2) is 8.48. The van der Waals surface area contributed by atoms with Gasteiger partial charge in [-0.25, -0.2) is 9.37 Å². The van der Waals surface area contributed by atoms with Crippen molar-refractivity contribution in [3.05, 3.63) is 46.2 Å². The summed E-state index contributed by atoms with van der Waals surface area (Å²) in [6.45, 7) is 3.07. The van der Waals surface area contributed by atoms with Crippen LogP contribution in [0.25, 0.3) is 0 Å². The lowest BCUT2D eigenvalue weighted by molar-refractivity contribution is -0.120. The van der Waals surface area contributed by atoms with Crippen LogP contribution in [0.3, 0.4) is 0 Å². The molecule has 6 heteroatoms. The average Bonchev–Trinajstić information content (AvgIpc) is 2.96. The zero-order valence-electron chi connectivity index (χ0n) is 12.5. The molecule has 0 saturated heterocycles. The summed E-state index contributed by atoms with van der Waals surface area (Å²) in [5.41, 5.74) is 0.821. The Labute approximate surface area is 133 Å². The van der Waals surface area contributed by atoms with E-state index < -0.39 is 0 Å². The SMILES string of the molecule is CCc1nc(CC(=O)NCCCOc2ccc(F)cc2)cs1. The van der Waals surface area contributed by atoms with E-state index in [1.807, 2.05) is 12.3 Å². The summed E-state index contributed by atoms with van der Waals surface area (Å²) < 4.78 is 18.2. The van der Waals surface area contributed by atoms with Gasteiger partial charge >= 0.3 is 0 Å². The number of benzene rings is 1. The van der Waals surface area contributed by atoms with Crippen LogP contribution in [0.4, 0.5) is 4.39 Å². The second-order valence-corrected chi connectivity index (χ2v) is 5.71. The molecule has 0 unspecified atom stereocenters. The molecule has 0 saturated carbocycles. The van der Waals surface area contributed by atoms with Crippen molar-refractivity contribution in [2.75, 3.05) is 13.2 Å². The number of nitrogens with zero attached hydrogens (tertiary/aromatic N) is 1. The molecular formula is C16H19FN2O2S. The van der Waals surface area contributed by atoms with Crippen LogP contribution >= 0.6 is 11.3 Å². The number of carbonyl (C=O) groups is 1. The van der Waals surface area contributed by atoms with Crippen LogP contribution in [0.1, 0.15) is 24.0 Å². The molecule has 0 fully saturated rings. The van der Waals surface area contributed by atoms with Gasteiger partial charge < -0.3 is 10.1 Å². The van der Waals surface area contributed by atoms with Crippen molar-refractivity contribution >= 4 is 17.2 Å². The first-order valence-electron chi connectivity index (χ1n) is 7.25. The zero-order valence-corrected chi connectivity index (χ0v) is 13.3. The fourth-order valence-corrected chi connectivity index (χ4v) is 2.59. The third-order valence-corrected chi connectivity index (χ3v) is 4.01. The number of hydrogen-bond donors (Lipinski definition) is 1. The monoisotopic (exact) mass is 322 g/mol. The fraction of sp³-hybridized carbons (Fsp3) is 0.375. The van der Waals surface area contributed by atoms with Crippen LogP contribution in [-0.2, 0) is 17.6 Å². The number of aryl methyl sites for hydroxylation is 1. The molecule has 0 spiro atoms. The number of rotatable bonds is 8. The van der Waals surface area contributed by atoms with E-state index >= 15 is 0 Å². The zero-order chi connectivity index (χ0) is 15.8. The number of halogens is 1. The first-order chi connectivity index (χ1) is 10.7. The minimum absolute atomic E-state index is 0.0327. The molecule has 1 aromatic heterocycles. The van der Waals surface area contributed by atoms with Gasteiger partial charge in [0.15, 0.2) is 0 Å². The predicted octanol–water partition coefficient (Wildman–Crippen LogP) is 2.97. The van der Waals surface area contributed by atoms with Crippen molar-refractivity contribution in [1.82, 2.24) is 10.3 Å². The molecule has 22 heavy (non-hydrogen) atoms. The quantitative estimate of drug-likeness (QED) is 0.760. The van der Waals surface area contributed by atoms with Crippen LogP contribution in [0.2, 0.25) is 0 Å². The molecule has 0 aliphatic carbocycles. The van der Waals surface area contributed by atoms with E-state index in [1.54, 1.807) is 23.5 Å². The van der Waals surface area contributed by atoms with E-state index in [9.17, 15) is 9.18 Å². The van der Waals surface area contributed by atoms with Crippen molar-refractivity contribution in [2.24, 2.45) is 0 Å². The summed E-state index contributed by atoms with van der Waals surface area (Å²) in [5.74, 6) is 0.310. The highest BCUT2D eigenvalue weighted by Crippen LogP contribution is 2.11. The standard InChI is InChI=1S/C16H19FN2O2S/c1-2-16-19-13(11-22-16)10-15(20)18-8-3-9-21-14-6-4-12(17)5-7-14/h4-7,11H,2-3,8-10H2,1H3,(H,18,20). The van der Waals surface area contributed by atoms with Gasteiger partial charge in [0.1, 0.15) is 11.6 Å². The summed E-state index contributed by atoms with van der Waals surface area (Å²) in [7, 11) is 0. The van der Waals surface area contributed by atoms with Crippen molar-refractivity contribution in [3.8, 4) is 5.75 Å². The Hall–Kier alpha value is -1.95. The molecule has 1 N–H and O–H groups in total. The summed E-state index contributed by atoms with van der Waals surface area (Å²) in [4.78, 5) is 16.1. The number of thiazole rings is 1. The van der Waals surface area contributed by atoms with Crippen LogP contribution in [-0.4, -0.2) is 24.0 Å². The van der Waals surface area contributed by atoms with E-state index in [-0.39, 0.29) is 11.7 Å². The fourth-order valence-electron chi connectivity index (χ4n) is 1.84. The maximum absolute atomic E-state index is 12.7. The normalized spacial score (nSPS) is 10.5. The van der Waals surface area contributed by atoms with Gasteiger partial charge in [0.05, 0.1) is 23.7 Å². The number of nitrogens with one attached hydrogen (secondary N) is 1. The van der Waals surface area contributed by atoms with E-state index in [0.717, 1.165) is 17.1 Å². The van der Waals surface area contributed by atoms with Crippen molar-refractivity contribution in [1.29, 1.82) is 0 Å². The van der Waals surface area contributed by atoms with E-state index in [1.165, 1.54) is 12.1 Å². The van der Waals surface area contributed by atoms with Crippen LogP contribution in [0.5, 0.6) is 5.75 Å².